The quantitative estimate of drug-likeness (QED) is 0.697. The molecule has 1 amide bonds. The molecule has 0 radical (unpaired) electrons. The van der Waals surface area contributed by atoms with E-state index in [2.05, 4.69) is 10.3 Å². The first-order valence-corrected chi connectivity index (χ1v) is 9.99. The zero-order valence-electron chi connectivity index (χ0n) is 14.2. The molecule has 3 rings (SSSR count). The SMILES string of the molecule is CN(C)S(=O)(=O)c1ccccc1CNC(=O)c1csc(-c2ccco2)n1. The maximum absolute atomic E-state index is 12.4. The lowest BCUT2D eigenvalue weighted by molar-refractivity contribution is 0.0946. The molecule has 7 nitrogen and oxygen atoms in total. The third-order valence-corrected chi connectivity index (χ3v) is 6.41. The fourth-order valence-corrected chi connectivity index (χ4v) is 4.14. The van der Waals surface area contributed by atoms with Crippen LogP contribution in [0, 0.1) is 0 Å². The summed E-state index contributed by atoms with van der Waals surface area (Å²) in [5.74, 6) is 0.215. The number of carbonyl (C=O) groups excluding carboxylic acids is 1. The average molecular weight is 391 g/mol. The molecule has 3 aromatic rings. The number of rotatable bonds is 6. The van der Waals surface area contributed by atoms with Gasteiger partial charge in [-0.3, -0.25) is 4.79 Å². The van der Waals surface area contributed by atoms with Gasteiger partial charge in [0.05, 0.1) is 11.2 Å². The van der Waals surface area contributed by atoms with Gasteiger partial charge in [0.15, 0.2) is 10.8 Å². The van der Waals surface area contributed by atoms with Gasteiger partial charge in [-0.25, -0.2) is 17.7 Å². The lowest BCUT2D eigenvalue weighted by Crippen LogP contribution is -2.27. The minimum absolute atomic E-state index is 0.0791. The predicted octanol–water partition coefficient (Wildman–Crippen LogP) is 2.58. The van der Waals surface area contributed by atoms with Crippen molar-refractivity contribution in [2.45, 2.75) is 11.4 Å². The molecule has 0 bridgehead atoms. The van der Waals surface area contributed by atoms with Crippen molar-refractivity contribution in [2.75, 3.05) is 14.1 Å². The van der Waals surface area contributed by atoms with E-state index in [0.29, 0.717) is 16.3 Å². The van der Waals surface area contributed by atoms with Crippen molar-refractivity contribution in [3.05, 3.63) is 59.3 Å². The highest BCUT2D eigenvalue weighted by molar-refractivity contribution is 7.89. The summed E-state index contributed by atoms with van der Waals surface area (Å²) in [4.78, 5) is 16.8. The number of furan rings is 1. The molecule has 2 aromatic heterocycles. The van der Waals surface area contributed by atoms with Crippen molar-refractivity contribution in [1.29, 1.82) is 0 Å². The lowest BCUT2D eigenvalue weighted by atomic mass is 10.2. The number of carbonyl (C=O) groups is 1. The second-order valence-electron chi connectivity index (χ2n) is 5.59. The molecule has 26 heavy (non-hydrogen) atoms. The van der Waals surface area contributed by atoms with Crippen LogP contribution in [0.4, 0.5) is 0 Å². The second-order valence-corrected chi connectivity index (χ2v) is 8.57. The molecule has 0 aliphatic heterocycles. The largest absolute Gasteiger partial charge is 0.462 e. The van der Waals surface area contributed by atoms with Crippen LogP contribution < -0.4 is 5.32 Å². The number of sulfonamides is 1. The molecule has 0 fully saturated rings. The minimum atomic E-state index is -3.59. The van der Waals surface area contributed by atoms with E-state index in [0.717, 1.165) is 4.31 Å². The Labute approximate surface area is 155 Å². The van der Waals surface area contributed by atoms with Crippen molar-refractivity contribution < 1.29 is 17.6 Å². The molecule has 0 spiro atoms. The number of nitrogens with one attached hydrogen (secondary N) is 1. The highest BCUT2D eigenvalue weighted by Crippen LogP contribution is 2.24. The van der Waals surface area contributed by atoms with Crippen molar-refractivity contribution in [3.63, 3.8) is 0 Å². The highest BCUT2D eigenvalue weighted by Gasteiger charge is 2.21. The Morgan fingerprint density at radius 3 is 2.69 bits per heavy atom. The molecule has 0 aliphatic carbocycles. The maximum atomic E-state index is 12.4. The number of hydrogen-bond donors (Lipinski definition) is 1. The van der Waals surface area contributed by atoms with Crippen LogP contribution in [-0.4, -0.2) is 37.7 Å². The minimum Gasteiger partial charge on any atom is -0.462 e. The topological polar surface area (TPSA) is 92.5 Å². The van der Waals surface area contributed by atoms with Gasteiger partial charge in [-0.1, -0.05) is 18.2 Å². The van der Waals surface area contributed by atoms with Crippen LogP contribution in [0.3, 0.4) is 0 Å². The normalized spacial score (nSPS) is 11.7. The Hall–Kier alpha value is -2.49. The fraction of sp³-hybridized carbons (Fsp3) is 0.176. The van der Waals surface area contributed by atoms with Crippen molar-refractivity contribution in [1.82, 2.24) is 14.6 Å². The number of aromatic nitrogens is 1. The molecule has 0 aliphatic rings. The second kappa shape index (κ2) is 7.40. The molecule has 0 unspecified atom stereocenters. The Morgan fingerprint density at radius 2 is 2.00 bits per heavy atom. The molecule has 0 atom stereocenters. The Kier molecular flexibility index (Phi) is 5.21. The standard InChI is InChI=1S/C17H17N3O4S2/c1-20(2)26(22,23)15-8-4-3-6-12(15)10-18-16(21)13-11-25-17(19-13)14-7-5-9-24-14/h3-9,11H,10H2,1-2H3,(H,18,21). The first-order valence-electron chi connectivity index (χ1n) is 7.67. The van der Waals surface area contributed by atoms with Crippen molar-refractivity contribution in [2.24, 2.45) is 0 Å². The molecule has 2 heterocycles. The molecular weight excluding hydrogens is 374 g/mol. The Balaban J connectivity index is 1.75. The zero-order valence-corrected chi connectivity index (χ0v) is 15.8. The maximum Gasteiger partial charge on any atom is 0.271 e. The Bertz CT molecular complexity index is 1010. The molecule has 0 saturated carbocycles. The van der Waals surface area contributed by atoms with Gasteiger partial charge in [0, 0.05) is 26.0 Å². The van der Waals surface area contributed by atoms with E-state index >= 15 is 0 Å². The van der Waals surface area contributed by atoms with E-state index < -0.39 is 10.0 Å². The summed E-state index contributed by atoms with van der Waals surface area (Å²) >= 11 is 1.30. The molecular formula is C17H17N3O4S2. The smallest absolute Gasteiger partial charge is 0.271 e. The van der Waals surface area contributed by atoms with E-state index in [1.54, 1.807) is 42.0 Å². The van der Waals surface area contributed by atoms with E-state index in [1.165, 1.54) is 31.5 Å². The van der Waals surface area contributed by atoms with Gasteiger partial charge in [0.1, 0.15) is 5.69 Å². The molecule has 9 heteroatoms. The lowest BCUT2D eigenvalue weighted by Gasteiger charge is -2.15. The van der Waals surface area contributed by atoms with Gasteiger partial charge in [-0.05, 0) is 23.8 Å². The average Bonchev–Trinajstić information content (AvgIpc) is 3.30. The zero-order chi connectivity index (χ0) is 18.7. The molecule has 0 saturated heterocycles. The van der Waals surface area contributed by atoms with Gasteiger partial charge >= 0.3 is 0 Å². The number of hydrogen-bond acceptors (Lipinski definition) is 6. The van der Waals surface area contributed by atoms with E-state index in [-0.39, 0.29) is 23.0 Å². The summed E-state index contributed by atoms with van der Waals surface area (Å²) in [7, 11) is -0.653. The van der Waals surface area contributed by atoms with Gasteiger partial charge in [0.2, 0.25) is 10.0 Å². The summed E-state index contributed by atoms with van der Waals surface area (Å²) in [5, 5.41) is 4.96. The fourth-order valence-electron chi connectivity index (χ4n) is 2.26. The number of amides is 1. The third kappa shape index (κ3) is 3.69. The van der Waals surface area contributed by atoms with E-state index in [4.69, 9.17) is 4.42 Å². The summed E-state index contributed by atoms with van der Waals surface area (Å²) in [5.41, 5.74) is 0.769. The van der Waals surface area contributed by atoms with Crippen molar-refractivity contribution >= 4 is 27.3 Å². The predicted molar refractivity (Wildman–Crippen MR) is 98.3 cm³/mol. The number of nitrogens with zero attached hydrogens (tertiary/aromatic N) is 2. The van der Waals surface area contributed by atoms with Crippen molar-refractivity contribution in [3.8, 4) is 10.8 Å². The number of benzene rings is 1. The van der Waals surface area contributed by atoms with Crippen LogP contribution in [0.1, 0.15) is 16.1 Å². The Morgan fingerprint density at radius 1 is 1.23 bits per heavy atom. The number of thiazole rings is 1. The van der Waals surface area contributed by atoms with Gasteiger partial charge < -0.3 is 9.73 Å². The van der Waals surface area contributed by atoms with Gasteiger partial charge in [-0.2, -0.15) is 0 Å². The summed E-state index contributed by atoms with van der Waals surface area (Å²) in [6, 6.07) is 10.1. The van der Waals surface area contributed by atoms with Crippen LogP contribution in [0.2, 0.25) is 0 Å². The molecule has 1 N–H and O–H groups in total. The van der Waals surface area contributed by atoms with Crippen LogP contribution >= 0.6 is 11.3 Å². The van der Waals surface area contributed by atoms with Gasteiger partial charge in [0.25, 0.3) is 5.91 Å². The van der Waals surface area contributed by atoms with Crippen LogP contribution in [-0.2, 0) is 16.6 Å². The van der Waals surface area contributed by atoms with Crippen LogP contribution in [0.15, 0.2) is 57.4 Å². The first kappa shape index (κ1) is 18.3. The van der Waals surface area contributed by atoms with Gasteiger partial charge in [-0.15, -0.1) is 11.3 Å². The van der Waals surface area contributed by atoms with E-state index in [9.17, 15) is 13.2 Å². The molecule has 136 valence electrons. The summed E-state index contributed by atoms with van der Waals surface area (Å²) in [6.45, 7) is 0.0791. The summed E-state index contributed by atoms with van der Waals surface area (Å²) < 4.78 is 31.2. The monoisotopic (exact) mass is 391 g/mol. The van der Waals surface area contributed by atoms with E-state index in [1.807, 2.05) is 0 Å². The third-order valence-electron chi connectivity index (χ3n) is 3.64. The van der Waals surface area contributed by atoms with Crippen LogP contribution in [0.5, 0.6) is 0 Å². The molecule has 1 aromatic carbocycles. The van der Waals surface area contributed by atoms with Crippen LogP contribution in [0.25, 0.3) is 10.8 Å². The highest BCUT2D eigenvalue weighted by atomic mass is 32.2. The summed E-state index contributed by atoms with van der Waals surface area (Å²) in [6.07, 6.45) is 1.54. The first-order chi connectivity index (χ1) is 12.4.